The van der Waals surface area contributed by atoms with E-state index in [-0.39, 0.29) is 0 Å². The molecule has 2 saturated carbocycles. The predicted octanol–water partition coefficient (Wildman–Crippen LogP) is 3.86. The largest absolute Gasteiger partial charge is 0.0625 e. The molecule has 2 aliphatic rings. The molecule has 0 aromatic rings. The maximum atomic E-state index is 2.48. The highest BCUT2D eigenvalue weighted by molar-refractivity contribution is 4.85. The van der Waals surface area contributed by atoms with Gasteiger partial charge in [-0.05, 0) is 36.5 Å². The molecule has 0 spiro atoms. The van der Waals surface area contributed by atoms with E-state index in [1.165, 1.54) is 32.1 Å². The third kappa shape index (κ3) is 1.53. The third-order valence-corrected chi connectivity index (χ3v) is 4.27. The van der Waals surface area contributed by atoms with Crippen LogP contribution in [0.3, 0.4) is 0 Å². The van der Waals surface area contributed by atoms with Crippen LogP contribution in [0.5, 0.6) is 0 Å². The molecule has 2 aliphatic carbocycles. The van der Waals surface area contributed by atoms with Crippen LogP contribution in [0.2, 0.25) is 0 Å². The molecule has 0 aromatic carbocycles. The van der Waals surface area contributed by atoms with Crippen molar-refractivity contribution in [2.24, 2.45) is 23.7 Å². The Bertz CT molecular complexity index is 150. The Hall–Kier alpha value is 0. The molecule has 2 fully saturated rings. The molecule has 0 N–H and O–H groups in total. The van der Waals surface area contributed by atoms with Gasteiger partial charge < -0.3 is 0 Å². The number of hydrogen-bond donors (Lipinski definition) is 0. The molecule has 0 nitrogen and oxygen atoms in total. The van der Waals surface area contributed by atoms with Crippen LogP contribution in [0.1, 0.15) is 52.4 Å². The highest BCUT2D eigenvalue weighted by Gasteiger charge is 2.34. The fraction of sp³-hybridized carbons (Fsp3) is 1.00. The van der Waals surface area contributed by atoms with E-state index < -0.39 is 0 Å². The van der Waals surface area contributed by atoms with E-state index in [4.69, 9.17) is 0 Å². The number of fused-ring (bicyclic) bond motifs is 1. The van der Waals surface area contributed by atoms with E-state index in [0.29, 0.717) is 0 Å². The molecular weight excluding hydrogens is 144 g/mol. The van der Waals surface area contributed by atoms with Gasteiger partial charge in [0.2, 0.25) is 0 Å². The Labute approximate surface area is 76.7 Å². The lowest BCUT2D eigenvalue weighted by molar-refractivity contribution is 0.0892. The zero-order valence-electron chi connectivity index (χ0n) is 8.55. The van der Waals surface area contributed by atoms with Gasteiger partial charge >= 0.3 is 0 Å². The smallest absolute Gasteiger partial charge is 0.0360 e. The summed E-state index contributed by atoms with van der Waals surface area (Å²) in [7, 11) is 0. The van der Waals surface area contributed by atoms with Gasteiger partial charge in [0.05, 0.1) is 0 Å². The summed E-state index contributed by atoms with van der Waals surface area (Å²) in [6.07, 6.45) is 9.14. The molecule has 0 amide bonds. The molecule has 0 bridgehead atoms. The van der Waals surface area contributed by atoms with E-state index >= 15 is 0 Å². The lowest BCUT2D eigenvalue weighted by Crippen LogP contribution is -2.31. The van der Waals surface area contributed by atoms with Crippen molar-refractivity contribution in [2.75, 3.05) is 0 Å². The number of hydrogen-bond acceptors (Lipinski definition) is 0. The molecule has 0 heteroatoms. The highest BCUT2D eigenvalue weighted by atomic mass is 14.4. The lowest BCUT2D eigenvalue weighted by Gasteiger charge is -2.42. The molecule has 0 unspecified atom stereocenters. The fourth-order valence-electron chi connectivity index (χ4n) is 3.52. The summed E-state index contributed by atoms with van der Waals surface area (Å²) in [5.41, 5.74) is 0. The van der Waals surface area contributed by atoms with Crippen LogP contribution in [0.4, 0.5) is 0 Å². The molecule has 0 aliphatic heterocycles. The first-order valence-electron chi connectivity index (χ1n) is 5.77. The average Bonchev–Trinajstić information content (AvgIpc) is 2.04. The minimum atomic E-state index is 1.02. The van der Waals surface area contributed by atoms with Gasteiger partial charge in [0.1, 0.15) is 0 Å². The van der Waals surface area contributed by atoms with Crippen molar-refractivity contribution < 1.29 is 0 Å². The van der Waals surface area contributed by atoms with Crippen molar-refractivity contribution in [2.45, 2.75) is 52.4 Å². The van der Waals surface area contributed by atoms with E-state index in [1.54, 1.807) is 6.42 Å². The SMILES string of the molecule is C[C@@H]1CC[C@H]2[C@H](CCC[C@H]2C)C1. The maximum Gasteiger partial charge on any atom is -0.0360 e. The summed E-state index contributed by atoms with van der Waals surface area (Å²) < 4.78 is 0. The standard InChI is InChI=1S/C12H22/c1-9-6-7-12-10(2)4-3-5-11(12)8-9/h9-12H,3-8H2,1-2H3/t9-,10-,11-,12-/m1/s1. The summed E-state index contributed by atoms with van der Waals surface area (Å²) >= 11 is 0. The van der Waals surface area contributed by atoms with Gasteiger partial charge in [0.15, 0.2) is 0 Å². The Morgan fingerprint density at radius 3 is 2.58 bits per heavy atom. The topological polar surface area (TPSA) is 0 Å². The fourth-order valence-corrected chi connectivity index (χ4v) is 3.52. The zero-order chi connectivity index (χ0) is 8.55. The second-order valence-corrected chi connectivity index (χ2v) is 5.25. The third-order valence-electron chi connectivity index (χ3n) is 4.27. The van der Waals surface area contributed by atoms with Gasteiger partial charge in [-0.1, -0.05) is 39.5 Å². The van der Waals surface area contributed by atoms with E-state index in [1.807, 2.05) is 0 Å². The van der Waals surface area contributed by atoms with Crippen LogP contribution in [0, 0.1) is 23.7 Å². The Kier molecular flexibility index (Phi) is 2.43. The van der Waals surface area contributed by atoms with Crippen molar-refractivity contribution in [3.63, 3.8) is 0 Å². The summed E-state index contributed by atoms with van der Waals surface area (Å²) in [4.78, 5) is 0. The molecule has 70 valence electrons. The second kappa shape index (κ2) is 3.40. The van der Waals surface area contributed by atoms with Gasteiger partial charge in [-0.15, -0.1) is 0 Å². The minimum absolute atomic E-state index is 1.02. The zero-order valence-corrected chi connectivity index (χ0v) is 8.55. The monoisotopic (exact) mass is 166 g/mol. The van der Waals surface area contributed by atoms with Crippen LogP contribution < -0.4 is 0 Å². The van der Waals surface area contributed by atoms with E-state index in [0.717, 1.165) is 23.7 Å². The van der Waals surface area contributed by atoms with E-state index in [2.05, 4.69) is 13.8 Å². The summed E-state index contributed by atoms with van der Waals surface area (Å²) in [6.45, 7) is 4.92. The maximum absolute atomic E-state index is 2.48. The van der Waals surface area contributed by atoms with Crippen LogP contribution in [-0.2, 0) is 0 Å². The molecule has 0 radical (unpaired) electrons. The van der Waals surface area contributed by atoms with Crippen LogP contribution >= 0.6 is 0 Å². The van der Waals surface area contributed by atoms with Gasteiger partial charge in [-0.2, -0.15) is 0 Å². The van der Waals surface area contributed by atoms with Crippen molar-refractivity contribution in [1.29, 1.82) is 0 Å². The summed E-state index contributed by atoms with van der Waals surface area (Å²) in [6, 6.07) is 0. The Morgan fingerprint density at radius 1 is 0.917 bits per heavy atom. The van der Waals surface area contributed by atoms with Crippen LogP contribution in [-0.4, -0.2) is 0 Å². The Balaban J connectivity index is 1.99. The van der Waals surface area contributed by atoms with Crippen LogP contribution in [0.25, 0.3) is 0 Å². The molecule has 2 rings (SSSR count). The molecule has 4 atom stereocenters. The van der Waals surface area contributed by atoms with Crippen molar-refractivity contribution >= 4 is 0 Å². The van der Waals surface area contributed by atoms with Crippen LogP contribution in [0.15, 0.2) is 0 Å². The first kappa shape index (κ1) is 8.59. The molecule has 0 saturated heterocycles. The molecule has 12 heavy (non-hydrogen) atoms. The Morgan fingerprint density at radius 2 is 1.75 bits per heavy atom. The average molecular weight is 166 g/mol. The summed E-state index contributed by atoms with van der Waals surface area (Å²) in [5, 5.41) is 0. The van der Waals surface area contributed by atoms with E-state index in [9.17, 15) is 0 Å². The van der Waals surface area contributed by atoms with Gasteiger partial charge in [-0.25, -0.2) is 0 Å². The number of rotatable bonds is 0. The molecule has 0 aromatic heterocycles. The first-order chi connectivity index (χ1) is 5.77. The quantitative estimate of drug-likeness (QED) is 0.512. The second-order valence-electron chi connectivity index (χ2n) is 5.25. The highest BCUT2D eigenvalue weighted by Crippen LogP contribution is 2.45. The van der Waals surface area contributed by atoms with Gasteiger partial charge in [-0.3, -0.25) is 0 Å². The normalized spacial score (nSPS) is 48.5. The van der Waals surface area contributed by atoms with Gasteiger partial charge in [0, 0.05) is 0 Å². The lowest BCUT2D eigenvalue weighted by atomic mass is 9.64. The van der Waals surface area contributed by atoms with Crippen molar-refractivity contribution in [1.82, 2.24) is 0 Å². The van der Waals surface area contributed by atoms with Gasteiger partial charge in [0.25, 0.3) is 0 Å². The molecule has 0 heterocycles. The molecular formula is C12H22. The van der Waals surface area contributed by atoms with Crippen molar-refractivity contribution in [3.8, 4) is 0 Å². The first-order valence-corrected chi connectivity index (χ1v) is 5.77. The minimum Gasteiger partial charge on any atom is -0.0625 e. The van der Waals surface area contributed by atoms with Crippen molar-refractivity contribution in [3.05, 3.63) is 0 Å². The predicted molar refractivity (Wildman–Crippen MR) is 53.0 cm³/mol. The summed E-state index contributed by atoms with van der Waals surface area (Å²) in [5.74, 6) is 4.28.